The summed E-state index contributed by atoms with van der Waals surface area (Å²) in [5.74, 6) is 0.188. The first kappa shape index (κ1) is 14.9. The van der Waals surface area contributed by atoms with Gasteiger partial charge >= 0.3 is 0 Å². The van der Waals surface area contributed by atoms with Gasteiger partial charge in [0.2, 0.25) is 10.0 Å². The van der Waals surface area contributed by atoms with Gasteiger partial charge in [-0.3, -0.25) is 0 Å². The second kappa shape index (κ2) is 7.31. The Bertz CT molecular complexity index is 300. The Labute approximate surface area is 104 Å². The normalized spacial score (nSPS) is 21.9. The van der Waals surface area contributed by atoms with Crippen LogP contribution in [0.4, 0.5) is 0 Å². The first-order chi connectivity index (χ1) is 8.06. The van der Waals surface area contributed by atoms with Crippen LogP contribution in [0.1, 0.15) is 32.1 Å². The first-order valence-electron chi connectivity index (χ1n) is 6.32. The molecular weight excluding hydrogens is 240 g/mol. The molecule has 0 aromatic rings. The minimum absolute atomic E-state index is 0.0676. The summed E-state index contributed by atoms with van der Waals surface area (Å²) in [5, 5.41) is 0. The summed E-state index contributed by atoms with van der Waals surface area (Å²) in [6.45, 7) is 1.78. The lowest BCUT2D eigenvalue weighted by Gasteiger charge is -2.27. The molecule has 0 saturated carbocycles. The Kier molecular flexibility index (Phi) is 6.40. The molecule has 0 aromatic carbocycles. The van der Waals surface area contributed by atoms with E-state index in [9.17, 15) is 8.42 Å². The van der Waals surface area contributed by atoms with Crippen LogP contribution in [0.5, 0.6) is 0 Å². The molecule has 0 radical (unpaired) electrons. The number of rotatable bonds is 7. The van der Waals surface area contributed by atoms with Gasteiger partial charge in [0.15, 0.2) is 0 Å². The fourth-order valence-electron chi connectivity index (χ4n) is 1.94. The Morgan fingerprint density at radius 3 is 2.71 bits per heavy atom. The maximum Gasteiger partial charge on any atom is 0.213 e. The zero-order chi connectivity index (χ0) is 12.7. The van der Waals surface area contributed by atoms with Crippen molar-refractivity contribution in [1.29, 1.82) is 0 Å². The molecular formula is C11H24N2O3S. The third-order valence-electron chi connectivity index (χ3n) is 3.07. The molecule has 6 heteroatoms. The maximum absolute atomic E-state index is 11.9. The van der Waals surface area contributed by atoms with Gasteiger partial charge in [-0.05, 0) is 38.6 Å². The van der Waals surface area contributed by atoms with Crippen molar-refractivity contribution in [3.8, 4) is 0 Å². The third-order valence-corrected chi connectivity index (χ3v) is 4.97. The summed E-state index contributed by atoms with van der Waals surface area (Å²) in [6.07, 6.45) is 4.64. The van der Waals surface area contributed by atoms with E-state index in [1.165, 1.54) is 4.31 Å². The van der Waals surface area contributed by atoms with Crippen molar-refractivity contribution in [2.24, 2.45) is 5.73 Å². The Balaban J connectivity index is 2.36. The maximum atomic E-state index is 11.9. The van der Waals surface area contributed by atoms with E-state index in [1.54, 1.807) is 7.05 Å². The van der Waals surface area contributed by atoms with Crippen molar-refractivity contribution in [3.05, 3.63) is 0 Å². The van der Waals surface area contributed by atoms with Crippen molar-refractivity contribution in [1.82, 2.24) is 4.31 Å². The van der Waals surface area contributed by atoms with E-state index in [2.05, 4.69) is 0 Å². The molecule has 5 nitrogen and oxygen atoms in total. The first-order valence-corrected chi connectivity index (χ1v) is 7.93. The molecule has 1 saturated heterocycles. The van der Waals surface area contributed by atoms with Gasteiger partial charge in [-0.1, -0.05) is 0 Å². The molecule has 1 fully saturated rings. The Morgan fingerprint density at radius 1 is 1.35 bits per heavy atom. The fourth-order valence-corrected chi connectivity index (χ4v) is 3.21. The van der Waals surface area contributed by atoms with Gasteiger partial charge in [-0.2, -0.15) is 0 Å². The zero-order valence-electron chi connectivity index (χ0n) is 10.6. The number of unbranched alkanes of at least 4 members (excludes halogenated alkanes) is 1. The average Bonchev–Trinajstić information content (AvgIpc) is 2.30. The lowest BCUT2D eigenvalue weighted by Crippen LogP contribution is -2.38. The molecule has 1 rings (SSSR count). The van der Waals surface area contributed by atoms with Gasteiger partial charge in [0.1, 0.15) is 0 Å². The number of hydrogen-bond donors (Lipinski definition) is 1. The summed E-state index contributed by atoms with van der Waals surface area (Å²) in [5.41, 5.74) is 5.35. The number of nitrogens with two attached hydrogens (primary N) is 1. The van der Waals surface area contributed by atoms with Crippen LogP contribution >= 0.6 is 0 Å². The van der Waals surface area contributed by atoms with Crippen molar-refractivity contribution in [3.63, 3.8) is 0 Å². The van der Waals surface area contributed by atoms with Crippen LogP contribution in [0.2, 0.25) is 0 Å². The zero-order valence-corrected chi connectivity index (χ0v) is 11.4. The molecule has 1 aliphatic heterocycles. The highest BCUT2D eigenvalue weighted by molar-refractivity contribution is 7.89. The molecule has 1 aliphatic rings. The van der Waals surface area contributed by atoms with Crippen LogP contribution in [0.25, 0.3) is 0 Å². The van der Waals surface area contributed by atoms with Crippen LogP contribution < -0.4 is 5.73 Å². The Morgan fingerprint density at radius 2 is 2.12 bits per heavy atom. The molecule has 0 amide bonds. The van der Waals surface area contributed by atoms with Gasteiger partial charge in [-0.25, -0.2) is 12.7 Å². The van der Waals surface area contributed by atoms with Crippen molar-refractivity contribution in [2.75, 3.05) is 32.5 Å². The summed E-state index contributed by atoms with van der Waals surface area (Å²) in [6, 6.07) is 0. The van der Waals surface area contributed by atoms with Gasteiger partial charge in [-0.15, -0.1) is 0 Å². The Hall–Kier alpha value is -0.170. The number of ether oxygens (including phenoxy) is 1. The van der Waals surface area contributed by atoms with Crippen LogP contribution in [-0.2, 0) is 14.8 Å². The minimum atomic E-state index is -3.13. The van der Waals surface area contributed by atoms with Crippen LogP contribution in [0.3, 0.4) is 0 Å². The smallest absolute Gasteiger partial charge is 0.213 e. The second-order valence-electron chi connectivity index (χ2n) is 4.58. The highest BCUT2D eigenvalue weighted by Gasteiger charge is 2.23. The van der Waals surface area contributed by atoms with Crippen LogP contribution in [-0.4, -0.2) is 51.3 Å². The molecule has 1 heterocycles. The molecule has 1 atom stereocenters. The minimum Gasteiger partial charge on any atom is -0.377 e. The van der Waals surface area contributed by atoms with Crippen molar-refractivity contribution < 1.29 is 13.2 Å². The van der Waals surface area contributed by atoms with Gasteiger partial charge in [0.05, 0.1) is 11.9 Å². The van der Waals surface area contributed by atoms with Gasteiger partial charge < -0.3 is 10.5 Å². The van der Waals surface area contributed by atoms with E-state index in [0.717, 1.165) is 32.3 Å². The summed E-state index contributed by atoms with van der Waals surface area (Å²) in [7, 11) is -1.50. The van der Waals surface area contributed by atoms with Crippen molar-refractivity contribution in [2.45, 2.75) is 38.2 Å². The quantitative estimate of drug-likeness (QED) is 0.682. The topological polar surface area (TPSA) is 72.6 Å². The summed E-state index contributed by atoms with van der Waals surface area (Å²) in [4.78, 5) is 0. The molecule has 0 spiro atoms. The van der Waals surface area contributed by atoms with E-state index in [1.807, 2.05) is 0 Å². The van der Waals surface area contributed by atoms with Gasteiger partial charge in [0.25, 0.3) is 0 Å². The molecule has 0 bridgehead atoms. The summed E-state index contributed by atoms with van der Waals surface area (Å²) < 4.78 is 30.8. The lowest BCUT2D eigenvalue weighted by atomic mass is 10.1. The molecule has 102 valence electrons. The number of nitrogens with zero attached hydrogens (tertiary/aromatic N) is 1. The number of likely N-dealkylation sites (N-methyl/N-ethyl adjacent to an activating group) is 1. The van der Waals surface area contributed by atoms with E-state index < -0.39 is 10.0 Å². The van der Waals surface area contributed by atoms with Crippen molar-refractivity contribution >= 4 is 10.0 Å². The van der Waals surface area contributed by atoms with Crippen LogP contribution in [0.15, 0.2) is 0 Å². The van der Waals surface area contributed by atoms with E-state index in [-0.39, 0.29) is 11.9 Å². The molecule has 1 unspecified atom stereocenters. The number of hydrogen-bond acceptors (Lipinski definition) is 4. The molecule has 2 N–H and O–H groups in total. The highest BCUT2D eigenvalue weighted by Crippen LogP contribution is 2.15. The monoisotopic (exact) mass is 264 g/mol. The predicted octanol–water partition coefficient (Wildman–Crippen LogP) is 0.556. The summed E-state index contributed by atoms with van der Waals surface area (Å²) >= 11 is 0. The number of sulfonamides is 1. The second-order valence-corrected chi connectivity index (χ2v) is 6.78. The SMILES string of the molecule is CN(CC1CCCCO1)S(=O)(=O)CCCCN. The molecule has 17 heavy (non-hydrogen) atoms. The third kappa shape index (κ3) is 5.33. The molecule has 0 aliphatic carbocycles. The fraction of sp³-hybridized carbons (Fsp3) is 1.00. The highest BCUT2D eigenvalue weighted by atomic mass is 32.2. The lowest BCUT2D eigenvalue weighted by molar-refractivity contribution is 0.00859. The molecule has 0 aromatic heterocycles. The van der Waals surface area contributed by atoms with E-state index in [4.69, 9.17) is 10.5 Å². The largest absolute Gasteiger partial charge is 0.377 e. The van der Waals surface area contributed by atoms with E-state index in [0.29, 0.717) is 19.5 Å². The average molecular weight is 264 g/mol. The van der Waals surface area contributed by atoms with E-state index >= 15 is 0 Å². The van der Waals surface area contributed by atoms with Gasteiger partial charge in [0, 0.05) is 20.2 Å². The predicted molar refractivity (Wildman–Crippen MR) is 68.3 cm³/mol. The van der Waals surface area contributed by atoms with Crippen LogP contribution in [0, 0.1) is 0 Å². The standard InChI is InChI=1S/C11H24N2O3S/c1-13(10-11-6-2-4-8-16-11)17(14,15)9-5-3-7-12/h11H,2-10,12H2,1H3.